The lowest BCUT2D eigenvalue weighted by Crippen LogP contribution is -2.33. The van der Waals surface area contributed by atoms with Crippen LogP contribution < -0.4 is 4.90 Å². The van der Waals surface area contributed by atoms with Crippen LogP contribution in [-0.2, 0) is 16.1 Å². The van der Waals surface area contributed by atoms with Crippen molar-refractivity contribution in [2.45, 2.75) is 25.8 Å². The summed E-state index contributed by atoms with van der Waals surface area (Å²) in [6, 6.07) is 14.5. The first-order valence-corrected chi connectivity index (χ1v) is 10.8. The number of hydrogen-bond acceptors (Lipinski definition) is 3. The van der Waals surface area contributed by atoms with Crippen molar-refractivity contribution in [2.24, 2.45) is 23.7 Å². The summed E-state index contributed by atoms with van der Waals surface area (Å²) in [5.74, 6) is -0.200. The topological polar surface area (TPSA) is 57.7 Å². The molecule has 0 radical (unpaired) electrons. The minimum absolute atomic E-state index is 0.115. The molecule has 0 unspecified atom stereocenters. The summed E-state index contributed by atoms with van der Waals surface area (Å²) in [6.45, 7) is 0.440. The summed E-state index contributed by atoms with van der Waals surface area (Å²) in [5, 5.41) is 0.308. The van der Waals surface area contributed by atoms with Gasteiger partial charge < -0.3 is 4.90 Å². The normalized spacial score (nSPS) is 26.9. The Labute approximate surface area is 180 Å². The van der Waals surface area contributed by atoms with E-state index in [1.807, 2.05) is 30.3 Å². The summed E-state index contributed by atoms with van der Waals surface area (Å²) in [7, 11) is 1.71. The fourth-order valence-electron chi connectivity index (χ4n) is 5.61. The number of fused-ring (bicyclic) bond motifs is 5. The van der Waals surface area contributed by atoms with E-state index in [-0.39, 0.29) is 29.6 Å². The average Bonchev–Trinajstić information content (AvgIpc) is 3.43. The van der Waals surface area contributed by atoms with Crippen LogP contribution in [0.15, 0.2) is 48.5 Å². The number of amides is 3. The Hall–Kier alpha value is -2.66. The molecule has 0 spiro atoms. The van der Waals surface area contributed by atoms with Crippen LogP contribution in [0.2, 0.25) is 5.02 Å². The maximum absolute atomic E-state index is 13.1. The number of anilines is 1. The molecule has 1 saturated heterocycles. The van der Waals surface area contributed by atoms with Crippen molar-refractivity contribution in [3.05, 3.63) is 64.7 Å². The van der Waals surface area contributed by atoms with E-state index in [4.69, 9.17) is 11.6 Å². The summed E-state index contributed by atoms with van der Waals surface area (Å²) in [5.41, 5.74) is 1.75. The molecule has 0 N–H and O–H groups in total. The third-order valence-electron chi connectivity index (χ3n) is 6.98. The van der Waals surface area contributed by atoms with E-state index in [2.05, 4.69) is 0 Å². The Kier molecular flexibility index (Phi) is 4.66. The predicted molar refractivity (Wildman–Crippen MR) is 114 cm³/mol. The first-order valence-electron chi connectivity index (χ1n) is 10.4. The van der Waals surface area contributed by atoms with Gasteiger partial charge in [-0.2, -0.15) is 0 Å². The smallest absolute Gasteiger partial charge is 0.255 e. The number of nitrogens with zero attached hydrogens (tertiary/aromatic N) is 2. The highest BCUT2D eigenvalue weighted by atomic mass is 35.5. The molecule has 1 aliphatic heterocycles. The Morgan fingerprint density at radius 1 is 1.03 bits per heavy atom. The van der Waals surface area contributed by atoms with Gasteiger partial charge in [0, 0.05) is 13.6 Å². The predicted octanol–water partition coefficient (Wildman–Crippen LogP) is 4.15. The highest BCUT2D eigenvalue weighted by Crippen LogP contribution is 2.56. The molecule has 3 amide bonds. The zero-order chi connectivity index (χ0) is 21.0. The molecule has 30 heavy (non-hydrogen) atoms. The highest BCUT2D eigenvalue weighted by molar-refractivity contribution is 6.34. The minimum Gasteiger partial charge on any atom is -0.337 e. The number of hydrogen-bond donors (Lipinski definition) is 0. The first-order chi connectivity index (χ1) is 14.5. The lowest BCUT2D eigenvalue weighted by atomic mass is 9.81. The first kappa shape index (κ1) is 19.3. The second-order valence-corrected chi connectivity index (χ2v) is 9.11. The van der Waals surface area contributed by atoms with E-state index in [0.717, 1.165) is 24.8 Å². The van der Waals surface area contributed by atoms with Crippen LogP contribution in [0, 0.1) is 23.7 Å². The molecule has 5 nitrogen and oxygen atoms in total. The zero-order valence-corrected chi connectivity index (χ0v) is 17.5. The molecule has 2 aliphatic carbocycles. The molecule has 2 aromatic carbocycles. The van der Waals surface area contributed by atoms with Crippen LogP contribution in [0.4, 0.5) is 5.69 Å². The van der Waals surface area contributed by atoms with E-state index in [1.165, 1.54) is 4.90 Å². The number of benzene rings is 2. The maximum atomic E-state index is 13.1. The monoisotopic (exact) mass is 422 g/mol. The molecular formula is C24H23ClN2O3. The molecule has 2 saturated carbocycles. The van der Waals surface area contributed by atoms with Crippen LogP contribution in [0.5, 0.6) is 0 Å². The van der Waals surface area contributed by atoms with Crippen molar-refractivity contribution in [2.75, 3.05) is 11.9 Å². The van der Waals surface area contributed by atoms with Gasteiger partial charge in [-0.3, -0.25) is 19.3 Å². The molecule has 1 heterocycles. The molecule has 154 valence electrons. The molecule has 2 bridgehead atoms. The van der Waals surface area contributed by atoms with Gasteiger partial charge in [-0.05, 0) is 54.9 Å². The summed E-state index contributed by atoms with van der Waals surface area (Å²) in [4.78, 5) is 42.2. The number of rotatable bonds is 4. The lowest BCUT2D eigenvalue weighted by Gasteiger charge is -2.21. The molecule has 0 aromatic heterocycles. The molecule has 4 atom stereocenters. The van der Waals surface area contributed by atoms with Gasteiger partial charge in [0.05, 0.1) is 28.1 Å². The Balaban J connectivity index is 1.42. The number of halogens is 1. The van der Waals surface area contributed by atoms with Crippen molar-refractivity contribution < 1.29 is 14.4 Å². The molecule has 6 heteroatoms. The lowest BCUT2D eigenvalue weighted by molar-refractivity contribution is -0.123. The van der Waals surface area contributed by atoms with Crippen molar-refractivity contribution in [3.63, 3.8) is 0 Å². The third-order valence-corrected chi connectivity index (χ3v) is 7.30. The minimum atomic E-state index is -0.245. The van der Waals surface area contributed by atoms with Gasteiger partial charge >= 0.3 is 0 Å². The summed E-state index contributed by atoms with van der Waals surface area (Å²) in [6.07, 6.45) is 3.07. The van der Waals surface area contributed by atoms with E-state index in [1.54, 1.807) is 30.1 Å². The summed E-state index contributed by atoms with van der Waals surface area (Å²) >= 11 is 6.33. The van der Waals surface area contributed by atoms with Crippen molar-refractivity contribution in [1.82, 2.24) is 4.90 Å². The van der Waals surface area contributed by atoms with E-state index in [0.29, 0.717) is 34.7 Å². The standard InChI is InChI=1S/C24H23ClN2O3/c1-26(13-14-5-3-2-4-6-14)22(28)18-12-17(9-10-19(18)25)27-23(29)20-15-7-8-16(11-15)21(20)24(27)30/h2-6,9-10,12,15-16,20-21H,7-8,11,13H2,1H3/t15-,16-,20+,21+/m0/s1. The molecular weight excluding hydrogens is 400 g/mol. The third kappa shape index (κ3) is 2.95. The van der Waals surface area contributed by atoms with Crippen molar-refractivity contribution in [1.29, 1.82) is 0 Å². The van der Waals surface area contributed by atoms with Gasteiger partial charge in [-0.15, -0.1) is 0 Å². The fraction of sp³-hybridized carbons (Fsp3) is 0.375. The van der Waals surface area contributed by atoms with Gasteiger partial charge in [0.1, 0.15) is 0 Å². The summed E-state index contributed by atoms with van der Waals surface area (Å²) < 4.78 is 0. The van der Waals surface area contributed by atoms with E-state index < -0.39 is 0 Å². The molecule has 5 rings (SSSR count). The van der Waals surface area contributed by atoms with E-state index >= 15 is 0 Å². The van der Waals surface area contributed by atoms with Crippen LogP contribution >= 0.6 is 11.6 Å². The molecule has 3 aliphatic rings. The Morgan fingerprint density at radius 3 is 2.30 bits per heavy atom. The molecule has 2 aromatic rings. The van der Waals surface area contributed by atoms with Gasteiger partial charge in [0.25, 0.3) is 5.91 Å². The SMILES string of the molecule is CN(Cc1ccccc1)C(=O)c1cc(N2C(=O)[C@@H]3[C@H]4CC[C@@H](C4)[C@H]3C2=O)ccc1Cl. The number of imide groups is 1. The van der Waals surface area contributed by atoms with Gasteiger partial charge in [0.2, 0.25) is 11.8 Å². The second kappa shape index (κ2) is 7.24. The maximum Gasteiger partial charge on any atom is 0.255 e. The van der Waals surface area contributed by atoms with Crippen molar-refractivity contribution >= 4 is 35.0 Å². The van der Waals surface area contributed by atoms with Gasteiger partial charge in [-0.25, -0.2) is 0 Å². The number of carbonyl (C=O) groups is 3. The van der Waals surface area contributed by atoms with Crippen LogP contribution in [-0.4, -0.2) is 29.7 Å². The van der Waals surface area contributed by atoms with E-state index in [9.17, 15) is 14.4 Å². The second-order valence-electron chi connectivity index (χ2n) is 8.71. The Bertz CT molecular complexity index is 1010. The Morgan fingerprint density at radius 2 is 1.67 bits per heavy atom. The van der Waals surface area contributed by atoms with Gasteiger partial charge in [-0.1, -0.05) is 41.9 Å². The van der Waals surface area contributed by atoms with Crippen LogP contribution in [0.25, 0.3) is 0 Å². The largest absolute Gasteiger partial charge is 0.337 e. The quantitative estimate of drug-likeness (QED) is 0.695. The van der Waals surface area contributed by atoms with Crippen LogP contribution in [0.1, 0.15) is 35.2 Å². The molecule has 3 fully saturated rings. The van der Waals surface area contributed by atoms with Crippen molar-refractivity contribution in [3.8, 4) is 0 Å². The average molecular weight is 423 g/mol. The zero-order valence-electron chi connectivity index (χ0n) is 16.8. The van der Waals surface area contributed by atoms with Crippen LogP contribution in [0.3, 0.4) is 0 Å². The van der Waals surface area contributed by atoms with Gasteiger partial charge in [0.15, 0.2) is 0 Å². The highest BCUT2D eigenvalue weighted by Gasteiger charge is 2.61. The fourth-order valence-corrected chi connectivity index (χ4v) is 5.81. The number of carbonyl (C=O) groups excluding carboxylic acids is 3.